The summed E-state index contributed by atoms with van der Waals surface area (Å²) in [6.45, 7) is 0. The van der Waals surface area contributed by atoms with Crippen molar-refractivity contribution in [3.05, 3.63) is 58.6 Å². The van der Waals surface area contributed by atoms with E-state index in [0.29, 0.717) is 40.5 Å². The number of hydrogen-bond acceptors (Lipinski definition) is 4. The van der Waals surface area contributed by atoms with Crippen molar-refractivity contribution < 1.29 is 19.1 Å². The van der Waals surface area contributed by atoms with E-state index in [-0.39, 0.29) is 11.7 Å². The molecule has 0 heterocycles. The smallest absolute Gasteiger partial charge is 0.254 e. The van der Waals surface area contributed by atoms with Gasteiger partial charge in [0.05, 0.1) is 14.2 Å². The molecule has 0 aromatic heterocycles. The minimum Gasteiger partial charge on any atom is -0.497 e. The third-order valence-corrected chi connectivity index (χ3v) is 5.78. The molecule has 1 amide bonds. The maximum atomic E-state index is 13.4. The molecule has 0 bridgehead atoms. The summed E-state index contributed by atoms with van der Waals surface area (Å²) in [6.07, 6.45) is 2.62. The lowest BCUT2D eigenvalue weighted by Gasteiger charge is -2.44. The lowest BCUT2D eigenvalue weighted by Crippen LogP contribution is -2.54. The zero-order chi connectivity index (χ0) is 20.3. The molecule has 0 aliphatic heterocycles. The highest BCUT2D eigenvalue weighted by atomic mass is 35.5. The number of Topliss-reactive ketones (excluding diaryl/α,β-unsaturated/α-hetero) is 1. The second-order valence-corrected chi connectivity index (χ2v) is 7.34. The van der Waals surface area contributed by atoms with Crippen LogP contribution in [0.25, 0.3) is 0 Å². The predicted octanol–water partition coefficient (Wildman–Crippen LogP) is 4.47. The minimum atomic E-state index is -1.08. The number of carbonyl (C=O) groups excluding carboxylic acids is 2. The fraction of sp³-hybridized carbons (Fsp3) is 0.364. The van der Waals surface area contributed by atoms with E-state index in [4.69, 9.17) is 21.1 Å². The van der Waals surface area contributed by atoms with Gasteiger partial charge in [-0.3, -0.25) is 9.59 Å². The van der Waals surface area contributed by atoms with Gasteiger partial charge in [0, 0.05) is 35.7 Å². The van der Waals surface area contributed by atoms with Crippen molar-refractivity contribution in [1.29, 1.82) is 0 Å². The fourth-order valence-electron chi connectivity index (χ4n) is 3.93. The number of amides is 1. The van der Waals surface area contributed by atoms with Gasteiger partial charge in [-0.2, -0.15) is 0 Å². The van der Waals surface area contributed by atoms with Crippen molar-refractivity contribution in [3.63, 3.8) is 0 Å². The molecule has 1 saturated carbocycles. The van der Waals surface area contributed by atoms with Gasteiger partial charge in [-0.05, 0) is 37.5 Å². The molecule has 28 heavy (non-hydrogen) atoms. The molecular weight excluding hydrogens is 378 g/mol. The Kier molecular flexibility index (Phi) is 5.94. The predicted molar refractivity (Wildman–Crippen MR) is 108 cm³/mol. The van der Waals surface area contributed by atoms with Crippen LogP contribution in [0.5, 0.6) is 11.5 Å². The van der Waals surface area contributed by atoms with Crippen LogP contribution in [0.15, 0.2) is 42.5 Å². The summed E-state index contributed by atoms with van der Waals surface area (Å²) in [5.74, 6) is 0.751. The molecule has 1 fully saturated rings. The van der Waals surface area contributed by atoms with Crippen LogP contribution in [-0.2, 0) is 10.3 Å². The Morgan fingerprint density at radius 1 is 1.07 bits per heavy atom. The zero-order valence-electron chi connectivity index (χ0n) is 16.3. The first kappa shape index (κ1) is 20.2. The van der Waals surface area contributed by atoms with Crippen molar-refractivity contribution in [2.75, 3.05) is 21.3 Å². The molecule has 148 valence electrons. The van der Waals surface area contributed by atoms with Gasteiger partial charge in [0.2, 0.25) is 0 Å². The van der Waals surface area contributed by atoms with Crippen LogP contribution in [0.4, 0.5) is 0 Å². The van der Waals surface area contributed by atoms with Crippen LogP contribution < -0.4 is 9.47 Å². The molecule has 0 unspecified atom stereocenters. The van der Waals surface area contributed by atoms with Gasteiger partial charge in [-0.15, -0.1) is 0 Å². The van der Waals surface area contributed by atoms with E-state index >= 15 is 0 Å². The lowest BCUT2D eigenvalue weighted by molar-refractivity contribution is -0.132. The number of ether oxygens (including phenoxy) is 2. The van der Waals surface area contributed by atoms with E-state index in [1.165, 1.54) is 19.1 Å². The van der Waals surface area contributed by atoms with Gasteiger partial charge >= 0.3 is 0 Å². The van der Waals surface area contributed by atoms with Gasteiger partial charge in [-0.25, -0.2) is 0 Å². The fourth-order valence-corrected chi connectivity index (χ4v) is 4.22. The highest BCUT2D eigenvalue weighted by molar-refractivity contribution is 6.31. The summed E-state index contributed by atoms with van der Waals surface area (Å²) in [5, 5.41) is 0.487. The minimum absolute atomic E-state index is 0.0116. The molecule has 0 spiro atoms. The number of halogens is 1. The second-order valence-electron chi connectivity index (χ2n) is 6.94. The Morgan fingerprint density at radius 3 is 2.29 bits per heavy atom. The molecule has 0 N–H and O–H groups in total. The number of likely N-dealkylation sites (N-methyl/N-ethyl adjacent to an activating group) is 1. The van der Waals surface area contributed by atoms with Crippen molar-refractivity contribution in [3.8, 4) is 11.5 Å². The van der Waals surface area contributed by atoms with Crippen LogP contribution in [0.2, 0.25) is 5.02 Å². The molecule has 1 aliphatic carbocycles. The number of benzene rings is 2. The highest BCUT2D eigenvalue weighted by Gasteiger charge is 2.48. The number of ketones is 1. The molecular formula is C22H24ClNO4. The average Bonchev–Trinajstić information content (AvgIpc) is 2.73. The van der Waals surface area contributed by atoms with E-state index < -0.39 is 5.54 Å². The Hall–Kier alpha value is -2.53. The lowest BCUT2D eigenvalue weighted by atomic mass is 9.74. The molecule has 2 aromatic rings. The number of methoxy groups -OCH3 is 2. The summed E-state index contributed by atoms with van der Waals surface area (Å²) in [7, 11) is 4.73. The number of hydrogen-bond donors (Lipinski definition) is 0. The van der Waals surface area contributed by atoms with Gasteiger partial charge in [0.1, 0.15) is 17.0 Å². The molecule has 0 radical (unpaired) electrons. The first-order valence-corrected chi connectivity index (χ1v) is 9.61. The maximum absolute atomic E-state index is 13.4. The Balaban J connectivity index is 2.10. The Morgan fingerprint density at radius 2 is 1.71 bits per heavy atom. The number of carbonyl (C=O) groups is 2. The summed E-state index contributed by atoms with van der Waals surface area (Å²) in [4.78, 5) is 28.2. The molecule has 2 aromatic carbocycles. The van der Waals surface area contributed by atoms with Crippen LogP contribution >= 0.6 is 11.6 Å². The monoisotopic (exact) mass is 401 g/mol. The van der Waals surface area contributed by atoms with E-state index in [1.54, 1.807) is 31.3 Å². The number of rotatable bonds is 5. The van der Waals surface area contributed by atoms with Crippen molar-refractivity contribution in [2.24, 2.45) is 0 Å². The topological polar surface area (TPSA) is 55.8 Å². The average molecular weight is 402 g/mol. The van der Waals surface area contributed by atoms with Crippen molar-refractivity contribution in [2.45, 2.75) is 31.2 Å². The van der Waals surface area contributed by atoms with Gasteiger partial charge in [0.15, 0.2) is 5.78 Å². The van der Waals surface area contributed by atoms with Gasteiger partial charge < -0.3 is 14.4 Å². The Labute approximate surface area is 170 Å². The van der Waals surface area contributed by atoms with Crippen LogP contribution in [0.1, 0.15) is 41.6 Å². The molecule has 1 atom stereocenters. The van der Waals surface area contributed by atoms with E-state index in [1.807, 2.05) is 18.2 Å². The molecule has 0 saturated heterocycles. The normalized spacial score (nSPS) is 19.2. The molecule has 1 aliphatic rings. The quantitative estimate of drug-likeness (QED) is 0.741. The summed E-state index contributed by atoms with van der Waals surface area (Å²) < 4.78 is 10.6. The van der Waals surface area contributed by atoms with Gasteiger partial charge in [-0.1, -0.05) is 29.8 Å². The number of nitrogens with zero attached hydrogens (tertiary/aromatic N) is 1. The first-order chi connectivity index (χ1) is 13.4. The SMILES string of the molecule is COc1cc(OC)cc(C(=O)N(C)[C@@]2(c3ccccc3Cl)CCCCC2=O)c1. The van der Waals surface area contributed by atoms with E-state index in [2.05, 4.69) is 0 Å². The molecule has 3 rings (SSSR count). The highest BCUT2D eigenvalue weighted by Crippen LogP contribution is 2.43. The van der Waals surface area contributed by atoms with E-state index in [0.717, 1.165) is 12.8 Å². The Bertz CT molecular complexity index is 876. The molecule has 6 heteroatoms. The largest absolute Gasteiger partial charge is 0.497 e. The summed E-state index contributed by atoms with van der Waals surface area (Å²) in [5.41, 5.74) is -0.0140. The second kappa shape index (κ2) is 8.23. The van der Waals surface area contributed by atoms with Gasteiger partial charge in [0.25, 0.3) is 5.91 Å². The zero-order valence-corrected chi connectivity index (χ0v) is 17.1. The van der Waals surface area contributed by atoms with Crippen LogP contribution in [0, 0.1) is 0 Å². The van der Waals surface area contributed by atoms with E-state index in [9.17, 15) is 9.59 Å². The van der Waals surface area contributed by atoms with Crippen molar-refractivity contribution in [1.82, 2.24) is 4.90 Å². The summed E-state index contributed by atoms with van der Waals surface area (Å²) in [6, 6.07) is 12.3. The third kappa shape index (κ3) is 3.47. The third-order valence-electron chi connectivity index (χ3n) is 5.45. The standard InChI is InChI=1S/C22H24ClNO4/c1-24(21(26)15-12-16(27-2)14-17(13-15)28-3)22(11-7-6-10-20(22)25)18-8-4-5-9-19(18)23/h4-5,8-9,12-14H,6-7,10-11H2,1-3H3/t22-/m1/s1. The van der Waals surface area contributed by atoms with Crippen LogP contribution in [0.3, 0.4) is 0 Å². The first-order valence-electron chi connectivity index (χ1n) is 9.23. The van der Waals surface area contributed by atoms with Crippen LogP contribution in [-0.4, -0.2) is 37.9 Å². The summed E-state index contributed by atoms with van der Waals surface area (Å²) >= 11 is 6.47. The molecule has 5 nitrogen and oxygen atoms in total. The maximum Gasteiger partial charge on any atom is 0.254 e. The van der Waals surface area contributed by atoms with Crippen molar-refractivity contribution >= 4 is 23.3 Å².